The lowest BCUT2D eigenvalue weighted by Crippen LogP contribution is -2.52. The van der Waals surface area contributed by atoms with Gasteiger partial charge in [-0.05, 0) is 52.7 Å². The summed E-state index contributed by atoms with van der Waals surface area (Å²) in [6.45, 7) is 12.2. The molecule has 0 aliphatic rings. The van der Waals surface area contributed by atoms with Crippen LogP contribution in [0, 0.1) is 13.8 Å². The van der Waals surface area contributed by atoms with Gasteiger partial charge in [0.2, 0.25) is 11.8 Å². The van der Waals surface area contributed by atoms with Gasteiger partial charge >= 0.3 is 0 Å². The largest absolute Gasteiger partial charge is 0.350 e. The number of nitrogens with zero attached hydrogens (tertiary/aromatic N) is 1. The van der Waals surface area contributed by atoms with Crippen molar-refractivity contribution >= 4 is 23.6 Å². The summed E-state index contributed by atoms with van der Waals surface area (Å²) in [5, 5.41) is 3.00. The molecular weight excluding hydrogens is 392 g/mol. The first-order valence-electron chi connectivity index (χ1n) is 10.4. The van der Waals surface area contributed by atoms with Crippen LogP contribution in [0.1, 0.15) is 49.9 Å². The van der Waals surface area contributed by atoms with Gasteiger partial charge in [-0.2, -0.15) is 0 Å². The van der Waals surface area contributed by atoms with Gasteiger partial charge in [-0.1, -0.05) is 59.7 Å². The number of rotatable bonds is 8. The molecule has 2 aromatic rings. The number of hydrogen-bond acceptors (Lipinski definition) is 3. The summed E-state index contributed by atoms with van der Waals surface area (Å²) in [7, 11) is 0. The predicted octanol–water partition coefficient (Wildman–Crippen LogP) is 4.87. The summed E-state index contributed by atoms with van der Waals surface area (Å²) in [4.78, 5) is 27.5. The summed E-state index contributed by atoms with van der Waals surface area (Å²) in [5.74, 6) is 0.954. The molecule has 1 atom stereocenters. The molecular formula is C25H34N2O2S. The predicted molar refractivity (Wildman–Crippen MR) is 126 cm³/mol. The highest BCUT2D eigenvalue weighted by Crippen LogP contribution is 2.17. The van der Waals surface area contributed by atoms with E-state index in [1.54, 1.807) is 23.6 Å². The van der Waals surface area contributed by atoms with Gasteiger partial charge in [-0.3, -0.25) is 9.59 Å². The van der Waals surface area contributed by atoms with Gasteiger partial charge in [-0.25, -0.2) is 0 Å². The molecule has 0 aliphatic heterocycles. The highest BCUT2D eigenvalue weighted by molar-refractivity contribution is 7.99. The van der Waals surface area contributed by atoms with E-state index in [0.29, 0.717) is 12.3 Å². The molecule has 162 valence electrons. The van der Waals surface area contributed by atoms with Crippen LogP contribution >= 0.6 is 11.8 Å². The maximum atomic E-state index is 13.1. The Labute approximate surface area is 185 Å². The number of amides is 2. The molecule has 0 bridgehead atoms. The Morgan fingerprint density at radius 3 is 1.93 bits per heavy atom. The van der Waals surface area contributed by atoms with E-state index in [4.69, 9.17) is 0 Å². The van der Waals surface area contributed by atoms with Gasteiger partial charge in [0.15, 0.2) is 0 Å². The molecule has 30 heavy (non-hydrogen) atoms. The SMILES string of the molecule is Cc1ccc(CSCC(=O)N(Cc2ccc(C)cc2)C(C)C(=O)NC(C)(C)C)cc1. The zero-order chi connectivity index (χ0) is 22.3. The van der Waals surface area contributed by atoms with E-state index in [1.807, 2.05) is 52.0 Å². The lowest BCUT2D eigenvalue weighted by atomic mass is 10.1. The molecule has 4 nitrogen and oxygen atoms in total. The van der Waals surface area contributed by atoms with E-state index >= 15 is 0 Å². The molecule has 0 spiro atoms. The van der Waals surface area contributed by atoms with Crippen molar-refractivity contribution in [3.63, 3.8) is 0 Å². The monoisotopic (exact) mass is 426 g/mol. The van der Waals surface area contributed by atoms with Crippen LogP contribution < -0.4 is 5.32 Å². The van der Waals surface area contributed by atoms with Crippen molar-refractivity contribution in [2.45, 2.75) is 65.4 Å². The second-order valence-electron chi connectivity index (χ2n) is 8.90. The zero-order valence-corrected chi connectivity index (χ0v) is 19.8. The lowest BCUT2D eigenvalue weighted by molar-refractivity contribution is -0.139. The highest BCUT2D eigenvalue weighted by atomic mass is 32.2. The van der Waals surface area contributed by atoms with Crippen LogP contribution in [0.3, 0.4) is 0 Å². The van der Waals surface area contributed by atoms with Crippen molar-refractivity contribution in [3.05, 3.63) is 70.8 Å². The molecule has 1 unspecified atom stereocenters. The van der Waals surface area contributed by atoms with E-state index in [-0.39, 0.29) is 17.4 Å². The van der Waals surface area contributed by atoms with E-state index in [0.717, 1.165) is 11.3 Å². The number of carbonyl (C=O) groups excluding carboxylic acids is 2. The van der Waals surface area contributed by atoms with Gasteiger partial charge < -0.3 is 10.2 Å². The van der Waals surface area contributed by atoms with Crippen molar-refractivity contribution in [2.24, 2.45) is 0 Å². The van der Waals surface area contributed by atoms with Gasteiger partial charge in [-0.15, -0.1) is 11.8 Å². The number of thioether (sulfide) groups is 1. The molecule has 2 rings (SSSR count). The van der Waals surface area contributed by atoms with Crippen molar-refractivity contribution < 1.29 is 9.59 Å². The normalized spacial score (nSPS) is 12.3. The molecule has 0 aliphatic carbocycles. The summed E-state index contributed by atoms with van der Waals surface area (Å²) in [6.07, 6.45) is 0. The number of benzene rings is 2. The summed E-state index contributed by atoms with van der Waals surface area (Å²) >= 11 is 1.58. The van der Waals surface area contributed by atoms with E-state index < -0.39 is 6.04 Å². The summed E-state index contributed by atoms with van der Waals surface area (Å²) in [6, 6.07) is 15.9. The third-order valence-corrected chi connectivity index (χ3v) is 5.74. The Morgan fingerprint density at radius 1 is 0.933 bits per heavy atom. The number of aryl methyl sites for hydroxylation is 2. The summed E-state index contributed by atoms with van der Waals surface area (Å²) < 4.78 is 0. The fourth-order valence-electron chi connectivity index (χ4n) is 2.97. The Hall–Kier alpha value is -2.27. The van der Waals surface area contributed by atoms with Crippen LogP contribution in [0.4, 0.5) is 0 Å². The smallest absolute Gasteiger partial charge is 0.242 e. The average Bonchev–Trinajstić information content (AvgIpc) is 2.67. The Balaban J connectivity index is 2.08. The molecule has 0 fully saturated rings. The first kappa shape index (κ1) is 24.0. The Kier molecular flexibility index (Phi) is 8.54. The van der Waals surface area contributed by atoms with Crippen LogP contribution in [0.5, 0.6) is 0 Å². The fraction of sp³-hybridized carbons (Fsp3) is 0.440. The minimum Gasteiger partial charge on any atom is -0.350 e. The Bertz CT molecular complexity index is 839. The number of hydrogen-bond donors (Lipinski definition) is 1. The zero-order valence-electron chi connectivity index (χ0n) is 19.0. The van der Waals surface area contributed by atoms with Gasteiger partial charge in [0.05, 0.1) is 5.75 Å². The number of carbonyl (C=O) groups is 2. The van der Waals surface area contributed by atoms with Crippen LogP contribution in [-0.2, 0) is 21.9 Å². The molecule has 1 N–H and O–H groups in total. The van der Waals surface area contributed by atoms with E-state index in [9.17, 15) is 9.59 Å². The maximum Gasteiger partial charge on any atom is 0.242 e. The van der Waals surface area contributed by atoms with Crippen molar-refractivity contribution in [1.82, 2.24) is 10.2 Å². The molecule has 0 heterocycles. The third kappa shape index (κ3) is 7.86. The third-order valence-electron chi connectivity index (χ3n) is 4.75. The fourth-order valence-corrected chi connectivity index (χ4v) is 3.84. The van der Waals surface area contributed by atoms with Crippen molar-refractivity contribution in [1.29, 1.82) is 0 Å². The van der Waals surface area contributed by atoms with Crippen LogP contribution in [-0.4, -0.2) is 34.0 Å². The number of nitrogens with one attached hydrogen (secondary N) is 1. The molecule has 0 aromatic heterocycles. The second-order valence-corrected chi connectivity index (χ2v) is 9.89. The van der Waals surface area contributed by atoms with Crippen LogP contribution in [0.25, 0.3) is 0 Å². The second kappa shape index (κ2) is 10.7. The van der Waals surface area contributed by atoms with Gasteiger partial charge in [0, 0.05) is 17.8 Å². The summed E-state index contributed by atoms with van der Waals surface area (Å²) in [5.41, 5.74) is 4.27. The van der Waals surface area contributed by atoms with Crippen molar-refractivity contribution in [3.8, 4) is 0 Å². The van der Waals surface area contributed by atoms with Gasteiger partial charge in [0.25, 0.3) is 0 Å². The minimum absolute atomic E-state index is 0.0238. The average molecular weight is 427 g/mol. The van der Waals surface area contributed by atoms with Gasteiger partial charge in [0.1, 0.15) is 6.04 Å². The standard InChI is InChI=1S/C25H34N2O2S/c1-18-7-11-21(12-8-18)15-27(20(3)24(29)26-25(4,5)6)23(28)17-30-16-22-13-9-19(2)10-14-22/h7-14,20H,15-17H2,1-6H3,(H,26,29). The minimum atomic E-state index is -0.544. The Morgan fingerprint density at radius 2 is 1.43 bits per heavy atom. The van der Waals surface area contributed by atoms with Crippen LogP contribution in [0.15, 0.2) is 48.5 Å². The molecule has 2 aromatic carbocycles. The molecule has 0 saturated carbocycles. The topological polar surface area (TPSA) is 49.4 Å². The first-order valence-corrected chi connectivity index (χ1v) is 11.5. The molecule has 0 saturated heterocycles. The van der Waals surface area contributed by atoms with Crippen molar-refractivity contribution in [2.75, 3.05) is 5.75 Å². The molecule has 5 heteroatoms. The first-order chi connectivity index (χ1) is 14.0. The maximum absolute atomic E-state index is 13.1. The highest BCUT2D eigenvalue weighted by Gasteiger charge is 2.28. The molecule has 2 amide bonds. The van der Waals surface area contributed by atoms with E-state index in [2.05, 4.69) is 36.5 Å². The van der Waals surface area contributed by atoms with Crippen LogP contribution in [0.2, 0.25) is 0 Å². The lowest BCUT2D eigenvalue weighted by Gasteiger charge is -2.31. The van der Waals surface area contributed by atoms with E-state index in [1.165, 1.54) is 16.7 Å². The quantitative estimate of drug-likeness (QED) is 0.655. The molecule has 0 radical (unpaired) electrons.